The normalized spacial score (nSPS) is 27.4. The summed E-state index contributed by atoms with van der Waals surface area (Å²) in [6.07, 6.45) is 7.99. The Morgan fingerprint density at radius 1 is 1.26 bits per heavy atom. The van der Waals surface area contributed by atoms with Gasteiger partial charge in [-0.05, 0) is 62.4 Å². The molecule has 2 heterocycles. The summed E-state index contributed by atoms with van der Waals surface area (Å²) < 4.78 is 7.93. The van der Waals surface area contributed by atoms with Crippen LogP contribution in [-0.2, 0) is 22.2 Å². The van der Waals surface area contributed by atoms with E-state index in [1.54, 1.807) is 7.05 Å². The van der Waals surface area contributed by atoms with Crippen LogP contribution in [0.5, 0.6) is 5.75 Å². The van der Waals surface area contributed by atoms with Gasteiger partial charge in [-0.25, -0.2) is 0 Å². The average molecular weight is 474 g/mol. The van der Waals surface area contributed by atoms with Crippen LogP contribution in [0, 0.1) is 17.8 Å². The molecule has 1 aromatic heterocycles. The first-order valence-electron chi connectivity index (χ1n) is 13.0. The SMILES string of the molecule is CCC(C)CC(C)C=C(C)C1OC(c2c(O)c(C3(O)CCC(=O)CC3)cn(C)c2=O)CCC1C. The van der Waals surface area contributed by atoms with Crippen molar-refractivity contribution in [2.24, 2.45) is 24.8 Å². The highest BCUT2D eigenvalue weighted by atomic mass is 16.5. The third kappa shape index (κ3) is 5.65. The van der Waals surface area contributed by atoms with Gasteiger partial charge in [0.1, 0.15) is 11.5 Å². The first kappa shape index (κ1) is 26.7. The minimum Gasteiger partial charge on any atom is -0.507 e. The van der Waals surface area contributed by atoms with Gasteiger partial charge in [-0.3, -0.25) is 9.59 Å². The van der Waals surface area contributed by atoms with E-state index in [4.69, 9.17) is 4.74 Å². The van der Waals surface area contributed by atoms with E-state index in [9.17, 15) is 19.8 Å². The van der Waals surface area contributed by atoms with Gasteiger partial charge in [-0.1, -0.05) is 40.2 Å². The van der Waals surface area contributed by atoms with E-state index < -0.39 is 11.7 Å². The molecule has 5 atom stereocenters. The molecule has 0 bridgehead atoms. The molecule has 0 aromatic carbocycles. The molecule has 2 N–H and O–H groups in total. The number of hydrogen-bond donors (Lipinski definition) is 2. The standard InChI is InChI=1S/C28H43NO5/c1-7-17(2)14-18(3)15-20(5)26-19(4)8-9-23(34-26)24-25(31)22(16-29(6)27(24)32)28(33)12-10-21(30)11-13-28/h15-19,23,26,31,33H,7-14H2,1-6H3. The fourth-order valence-corrected chi connectivity index (χ4v) is 5.72. The Morgan fingerprint density at radius 3 is 2.53 bits per heavy atom. The van der Waals surface area contributed by atoms with Crippen LogP contribution in [0.25, 0.3) is 0 Å². The van der Waals surface area contributed by atoms with Gasteiger partial charge in [0.05, 0.1) is 23.4 Å². The van der Waals surface area contributed by atoms with Crippen LogP contribution in [-0.4, -0.2) is 26.7 Å². The van der Waals surface area contributed by atoms with E-state index >= 15 is 0 Å². The molecule has 5 unspecified atom stereocenters. The summed E-state index contributed by atoms with van der Waals surface area (Å²) in [7, 11) is 1.64. The van der Waals surface area contributed by atoms with Gasteiger partial charge in [0.25, 0.3) is 5.56 Å². The van der Waals surface area contributed by atoms with E-state index in [1.165, 1.54) is 16.3 Å². The number of Topliss-reactive ketones (excluding diaryl/α,β-unsaturated/α-hetero) is 1. The second-order valence-corrected chi connectivity index (χ2v) is 11.0. The average Bonchev–Trinajstić information content (AvgIpc) is 2.79. The number of hydrogen-bond acceptors (Lipinski definition) is 5. The quantitative estimate of drug-likeness (QED) is 0.525. The summed E-state index contributed by atoms with van der Waals surface area (Å²) in [6, 6.07) is 0. The fraction of sp³-hybridized carbons (Fsp3) is 0.714. The molecule has 0 radical (unpaired) electrons. The molecular weight excluding hydrogens is 430 g/mol. The molecule has 2 aliphatic rings. The number of carbonyl (C=O) groups excluding carboxylic acids is 1. The number of aryl methyl sites for hydroxylation is 1. The maximum atomic E-state index is 13.1. The van der Waals surface area contributed by atoms with E-state index in [-0.39, 0.29) is 54.4 Å². The zero-order valence-electron chi connectivity index (χ0n) is 21.8. The molecule has 190 valence electrons. The van der Waals surface area contributed by atoms with Gasteiger partial charge in [0.15, 0.2) is 0 Å². The van der Waals surface area contributed by atoms with E-state index in [0.717, 1.165) is 19.3 Å². The van der Waals surface area contributed by atoms with E-state index in [1.807, 2.05) is 0 Å². The molecule has 3 rings (SSSR count). The zero-order valence-corrected chi connectivity index (χ0v) is 21.8. The molecule has 6 nitrogen and oxygen atoms in total. The Morgan fingerprint density at radius 2 is 1.91 bits per heavy atom. The van der Waals surface area contributed by atoms with Gasteiger partial charge in [0.2, 0.25) is 0 Å². The van der Waals surface area contributed by atoms with E-state index in [0.29, 0.717) is 29.7 Å². The van der Waals surface area contributed by atoms with Crippen molar-refractivity contribution in [2.45, 2.75) is 104 Å². The highest BCUT2D eigenvalue weighted by Crippen LogP contribution is 2.44. The number of aliphatic hydroxyl groups is 1. The minimum absolute atomic E-state index is 0.117. The maximum absolute atomic E-state index is 13.1. The molecule has 1 saturated heterocycles. The topological polar surface area (TPSA) is 88.8 Å². The van der Waals surface area contributed by atoms with Crippen LogP contribution in [0.3, 0.4) is 0 Å². The predicted octanol–water partition coefficient (Wildman–Crippen LogP) is 5.30. The Bertz CT molecular complexity index is 968. The lowest BCUT2D eigenvalue weighted by atomic mass is 9.78. The molecular formula is C28H43NO5. The van der Waals surface area contributed by atoms with Crippen molar-refractivity contribution in [3.63, 3.8) is 0 Å². The summed E-state index contributed by atoms with van der Waals surface area (Å²) in [4.78, 5) is 24.9. The molecule has 1 aliphatic carbocycles. The molecule has 6 heteroatoms. The second-order valence-electron chi connectivity index (χ2n) is 11.0. The Labute approximate surface area is 204 Å². The summed E-state index contributed by atoms with van der Waals surface area (Å²) in [5, 5.41) is 22.5. The molecule has 1 aliphatic heterocycles. The van der Waals surface area contributed by atoms with Crippen molar-refractivity contribution in [1.82, 2.24) is 4.57 Å². The largest absolute Gasteiger partial charge is 0.507 e. The van der Waals surface area contributed by atoms with Crippen LogP contribution in [0.15, 0.2) is 22.6 Å². The van der Waals surface area contributed by atoms with Crippen LogP contribution in [0.1, 0.15) is 103 Å². The lowest BCUT2D eigenvalue weighted by Crippen LogP contribution is -2.37. The number of nitrogens with zero attached hydrogens (tertiary/aromatic N) is 1. The van der Waals surface area contributed by atoms with Crippen molar-refractivity contribution >= 4 is 5.78 Å². The summed E-state index contributed by atoms with van der Waals surface area (Å²) >= 11 is 0. The number of rotatable bonds is 7. The van der Waals surface area contributed by atoms with Gasteiger partial charge in [0, 0.05) is 31.6 Å². The summed E-state index contributed by atoms with van der Waals surface area (Å²) in [6.45, 7) is 11.0. The summed E-state index contributed by atoms with van der Waals surface area (Å²) in [5.74, 6) is 1.36. The molecule has 2 fully saturated rings. The van der Waals surface area contributed by atoms with E-state index in [2.05, 4.69) is 40.7 Å². The maximum Gasteiger partial charge on any atom is 0.259 e. The number of pyridine rings is 1. The van der Waals surface area contributed by atoms with Crippen molar-refractivity contribution in [2.75, 3.05) is 0 Å². The fourth-order valence-electron chi connectivity index (χ4n) is 5.72. The number of ether oxygens (including phenoxy) is 1. The van der Waals surface area contributed by atoms with Gasteiger partial charge in [-0.2, -0.15) is 0 Å². The minimum atomic E-state index is -1.32. The summed E-state index contributed by atoms with van der Waals surface area (Å²) in [5.41, 5.74) is 0.0977. The first-order chi connectivity index (χ1) is 16.0. The molecule has 1 saturated carbocycles. The van der Waals surface area contributed by atoms with Crippen molar-refractivity contribution < 1.29 is 19.7 Å². The molecule has 1 aromatic rings. The zero-order chi connectivity index (χ0) is 25.2. The monoisotopic (exact) mass is 473 g/mol. The number of ketones is 1. The Balaban J connectivity index is 1.91. The van der Waals surface area contributed by atoms with Crippen molar-refractivity contribution in [3.05, 3.63) is 39.3 Å². The van der Waals surface area contributed by atoms with Crippen LogP contribution >= 0.6 is 0 Å². The van der Waals surface area contributed by atoms with Gasteiger partial charge < -0.3 is 19.5 Å². The van der Waals surface area contributed by atoms with Crippen LogP contribution in [0.4, 0.5) is 0 Å². The number of allylic oxidation sites excluding steroid dienone is 1. The predicted molar refractivity (Wildman–Crippen MR) is 134 cm³/mol. The highest BCUT2D eigenvalue weighted by molar-refractivity contribution is 5.79. The Hall–Kier alpha value is -1.92. The lowest BCUT2D eigenvalue weighted by Gasteiger charge is -2.37. The smallest absolute Gasteiger partial charge is 0.259 e. The third-order valence-corrected chi connectivity index (χ3v) is 8.02. The van der Waals surface area contributed by atoms with Crippen molar-refractivity contribution in [3.8, 4) is 5.75 Å². The van der Waals surface area contributed by atoms with Gasteiger partial charge in [-0.15, -0.1) is 0 Å². The third-order valence-electron chi connectivity index (χ3n) is 8.02. The Kier molecular flexibility index (Phi) is 8.46. The van der Waals surface area contributed by atoms with Crippen LogP contribution < -0.4 is 5.56 Å². The lowest BCUT2D eigenvalue weighted by molar-refractivity contribution is -0.125. The highest BCUT2D eigenvalue weighted by Gasteiger charge is 2.40. The number of aromatic nitrogens is 1. The first-order valence-corrected chi connectivity index (χ1v) is 13.0. The number of aromatic hydroxyl groups is 1. The number of carbonyl (C=O) groups is 1. The van der Waals surface area contributed by atoms with Crippen molar-refractivity contribution in [1.29, 1.82) is 0 Å². The molecule has 34 heavy (non-hydrogen) atoms. The molecule has 0 spiro atoms. The van der Waals surface area contributed by atoms with Gasteiger partial charge >= 0.3 is 0 Å². The van der Waals surface area contributed by atoms with Crippen LogP contribution in [0.2, 0.25) is 0 Å². The molecule has 0 amide bonds. The second kappa shape index (κ2) is 10.8.